The van der Waals surface area contributed by atoms with Crippen LogP contribution in [-0.4, -0.2) is 39.7 Å². The van der Waals surface area contributed by atoms with Crippen molar-refractivity contribution >= 4 is 5.91 Å². The number of hydrogen-bond acceptors (Lipinski definition) is 3. The summed E-state index contributed by atoms with van der Waals surface area (Å²) in [5, 5.41) is 4.67. The highest BCUT2D eigenvalue weighted by Crippen LogP contribution is 2.28. The van der Waals surface area contributed by atoms with Crippen LogP contribution in [0.2, 0.25) is 0 Å². The van der Waals surface area contributed by atoms with Crippen molar-refractivity contribution in [1.29, 1.82) is 0 Å². The number of hydrogen-bond donors (Lipinski definition) is 1. The monoisotopic (exact) mass is 298 g/mol. The van der Waals surface area contributed by atoms with E-state index in [9.17, 15) is 4.79 Å². The van der Waals surface area contributed by atoms with Gasteiger partial charge in [-0.2, -0.15) is 5.10 Å². The Bertz CT molecular complexity index is 675. The minimum Gasteiger partial charge on any atom is -0.341 e. The van der Waals surface area contributed by atoms with Gasteiger partial charge in [-0.15, -0.1) is 0 Å². The topological polar surface area (TPSA) is 64.2 Å². The number of carbonyl (C=O) groups is 1. The molecule has 0 saturated carbocycles. The van der Waals surface area contributed by atoms with Gasteiger partial charge in [-0.25, -0.2) is 0 Å². The lowest BCUT2D eigenvalue weighted by Gasteiger charge is -2.22. The SMILES string of the molecule is C[C@@H](N)C(=O)N1CCc2nn(C)c(-c3ccccc3)c2CC1. The number of fused-ring (bicyclic) bond motifs is 1. The summed E-state index contributed by atoms with van der Waals surface area (Å²) in [6, 6.07) is 9.86. The van der Waals surface area contributed by atoms with Crippen LogP contribution in [0.5, 0.6) is 0 Å². The summed E-state index contributed by atoms with van der Waals surface area (Å²) in [5.41, 5.74) is 10.4. The molecule has 5 nitrogen and oxygen atoms in total. The quantitative estimate of drug-likeness (QED) is 0.910. The van der Waals surface area contributed by atoms with Crippen LogP contribution in [0.4, 0.5) is 0 Å². The number of nitrogens with zero attached hydrogens (tertiary/aromatic N) is 3. The molecule has 0 radical (unpaired) electrons. The molecule has 5 heteroatoms. The molecule has 1 aliphatic heterocycles. The summed E-state index contributed by atoms with van der Waals surface area (Å²) in [5.74, 6) is 0.0239. The largest absolute Gasteiger partial charge is 0.341 e. The van der Waals surface area contributed by atoms with Crippen LogP contribution in [0, 0.1) is 0 Å². The lowest BCUT2D eigenvalue weighted by molar-refractivity contribution is -0.132. The van der Waals surface area contributed by atoms with Crippen LogP contribution in [-0.2, 0) is 24.7 Å². The Labute approximate surface area is 130 Å². The van der Waals surface area contributed by atoms with Crippen LogP contribution >= 0.6 is 0 Å². The van der Waals surface area contributed by atoms with Gasteiger partial charge in [0.25, 0.3) is 0 Å². The number of carbonyl (C=O) groups excluding carboxylic acids is 1. The average Bonchev–Trinajstić information content (AvgIpc) is 2.69. The number of benzene rings is 1. The van der Waals surface area contributed by atoms with Gasteiger partial charge in [0.2, 0.25) is 5.91 Å². The van der Waals surface area contributed by atoms with E-state index in [0.717, 1.165) is 24.2 Å². The van der Waals surface area contributed by atoms with Gasteiger partial charge in [-0.1, -0.05) is 30.3 Å². The van der Waals surface area contributed by atoms with Gasteiger partial charge in [0.05, 0.1) is 17.4 Å². The van der Waals surface area contributed by atoms with Crippen LogP contribution in [0.3, 0.4) is 0 Å². The molecule has 3 rings (SSSR count). The van der Waals surface area contributed by atoms with E-state index in [4.69, 9.17) is 5.73 Å². The number of aromatic nitrogens is 2. The molecule has 1 aliphatic rings. The first-order valence-corrected chi connectivity index (χ1v) is 7.72. The van der Waals surface area contributed by atoms with Gasteiger partial charge in [0, 0.05) is 37.7 Å². The molecule has 1 atom stereocenters. The van der Waals surface area contributed by atoms with Crippen molar-refractivity contribution in [2.45, 2.75) is 25.8 Å². The molecule has 1 aromatic heterocycles. The second-order valence-corrected chi connectivity index (χ2v) is 5.88. The van der Waals surface area contributed by atoms with Crippen molar-refractivity contribution in [2.24, 2.45) is 12.8 Å². The highest BCUT2D eigenvalue weighted by Gasteiger charge is 2.25. The molecule has 1 aromatic carbocycles. The van der Waals surface area contributed by atoms with Crippen LogP contribution in [0.15, 0.2) is 30.3 Å². The first-order valence-electron chi connectivity index (χ1n) is 7.72. The fraction of sp³-hybridized carbons (Fsp3) is 0.412. The molecule has 2 aromatic rings. The van der Waals surface area contributed by atoms with E-state index in [0.29, 0.717) is 13.1 Å². The summed E-state index contributed by atoms with van der Waals surface area (Å²) >= 11 is 0. The minimum atomic E-state index is -0.440. The maximum atomic E-state index is 12.1. The molecule has 0 bridgehead atoms. The van der Waals surface area contributed by atoms with Crippen LogP contribution in [0.25, 0.3) is 11.3 Å². The molecule has 0 saturated heterocycles. The zero-order valence-corrected chi connectivity index (χ0v) is 13.1. The molecular formula is C17H22N4O. The summed E-state index contributed by atoms with van der Waals surface area (Å²) in [7, 11) is 1.99. The molecule has 0 fully saturated rings. The van der Waals surface area contributed by atoms with Gasteiger partial charge in [-0.3, -0.25) is 9.48 Å². The van der Waals surface area contributed by atoms with Crippen LogP contribution < -0.4 is 5.73 Å². The second-order valence-electron chi connectivity index (χ2n) is 5.88. The molecule has 0 unspecified atom stereocenters. The zero-order valence-electron chi connectivity index (χ0n) is 13.1. The number of aryl methyl sites for hydroxylation is 1. The fourth-order valence-corrected chi connectivity index (χ4v) is 3.15. The lowest BCUT2D eigenvalue weighted by atomic mass is 10.0. The smallest absolute Gasteiger partial charge is 0.239 e. The molecule has 116 valence electrons. The van der Waals surface area contributed by atoms with E-state index in [1.165, 1.54) is 11.1 Å². The van der Waals surface area contributed by atoms with Gasteiger partial charge in [0.15, 0.2) is 0 Å². The molecule has 22 heavy (non-hydrogen) atoms. The maximum Gasteiger partial charge on any atom is 0.239 e. The maximum absolute atomic E-state index is 12.1. The van der Waals surface area contributed by atoms with Crippen molar-refractivity contribution in [3.05, 3.63) is 41.6 Å². The Morgan fingerprint density at radius 2 is 1.91 bits per heavy atom. The first kappa shape index (κ1) is 14.8. The van der Waals surface area contributed by atoms with E-state index in [1.54, 1.807) is 6.92 Å². The highest BCUT2D eigenvalue weighted by molar-refractivity contribution is 5.81. The zero-order chi connectivity index (χ0) is 15.7. The Balaban J connectivity index is 1.91. The molecule has 0 aliphatic carbocycles. The third kappa shape index (κ3) is 2.64. The van der Waals surface area contributed by atoms with Gasteiger partial charge >= 0.3 is 0 Å². The Hall–Kier alpha value is -2.14. The van der Waals surface area contributed by atoms with Crippen molar-refractivity contribution in [2.75, 3.05) is 13.1 Å². The molecule has 0 spiro atoms. The van der Waals surface area contributed by atoms with Crippen molar-refractivity contribution < 1.29 is 4.79 Å². The normalized spacial score (nSPS) is 16.0. The van der Waals surface area contributed by atoms with E-state index in [-0.39, 0.29) is 5.91 Å². The Kier molecular flexibility index (Phi) is 3.98. The number of nitrogens with two attached hydrogens (primary N) is 1. The molecule has 1 amide bonds. The van der Waals surface area contributed by atoms with Gasteiger partial charge in [-0.05, 0) is 13.3 Å². The number of rotatable bonds is 2. The predicted molar refractivity (Wildman–Crippen MR) is 86.3 cm³/mol. The molecule has 2 N–H and O–H groups in total. The molecule has 2 heterocycles. The Morgan fingerprint density at radius 1 is 1.23 bits per heavy atom. The van der Waals surface area contributed by atoms with Crippen LogP contribution in [0.1, 0.15) is 18.2 Å². The third-order valence-electron chi connectivity index (χ3n) is 4.23. The van der Waals surface area contributed by atoms with E-state index < -0.39 is 6.04 Å². The van der Waals surface area contributed by atoms with Crippen molar-refractivity contribution in [3.8, 4) is 11.3 Å². The second kappa shape index (κ2) is 5.93. The van der Waals surface area contributed by atoms with E-state index in [2.05, 4.69) is 17.2 Å². The highest BCUT2D eigenvalue weighted by atomic mass is 16.2. The van der Waals surface area contributed by atoms with E-state index in [1.807, 2.05) is 34.8 Å². The average molecular weight is 298 g/mol. The first-order chi connectivity index (χ1) is 10.6. The fourth-order valence-electron chi connectivity index (χ4n) is 3.15. The summed E-state index contributed by atoms with van der Waals surface area (Å²) in [6.45, 7) is 3.14. The summed E-state index contributed by atoms with van der Waals surface area (Å²) in [4.78, 5) is 14.0. The third-order valence-corrected chi connectivity index (χ3v) is 4.23. The molecular weight excluding hydrogens is 276 g/mol. The Morgan fingerprint density at radius 3 is 2.59 bits per heavy atom. The van der Waals surface area contributed by atoms with Crippen molar-refractivity contribution in [3.63, 3.8) is 0 Å². The number of amides is 1. The predicted octanol–water partition coefficient (Wildman–Crippen LogP) is 1.36. The van der Waals surface area contributed by atoms with Gasteiger partial charge in [0.1, 0.15) is 0 Å². The summed E-state index contributed by atoms with van der Waals surface area (Å²) < 4.78 is 1.96. The van der Waals surface area contributed by atoms with Crippen molar-refractivity contribution in [1.82, 2.24) is 14.7 Å². The lowest BCUT2D eigenvalue weighted by Crippen LogP contribution is -2.43. The summed E-state index contributed by atoms with van der Waals surface area (Å²) in [6.07, 6.45) is 1.61. The standard InChI is InChI=1S/C17H22N4O/c1-12(18)17(22)21-10-8-14-15(9-11-21)19-20(2)16(14)13-6-4-3-5-7-13/h3-7,12H,8-11,18H2,1-2H3/t12-/m1/s1. The van der Waals surface area contributed by atoms with Gasteiger partial charge < -0.3 is 10.6 Å². The van der Waals surface area contributed by atoms with E-state index >= 15 is 0 Å². The minimum absolute atomic E-state index is 0.0239.